The fourth-order valence-corrected chi connectivity index (χ4v) is 5.65. The van der Waals surface area contributed by atoms with Gasteiger partial charge in [-0.25, -0.2) is 9.78 Å². The summed E-state index contributed by atoms with van der Waals surface area (Å²) in [6.07, 6.45) is 1.25. The standard InChI is InChI=1S/C24H31F3N8O3/c25-24(26,27)18-11-28-22(30-21(18)38-17-13-37-14-17)29-16-5-3-4-15(10-16)20-32-31-19-12-34(8-9-35(19)20)23(36)33-6-1-2-7-33/h11,15-17H,1-10,12-14H2,(H,28,29,30)/t15-,16+/m0/s1. The Bertz CT molecular complexity index is 1170. The van der Waals surface area contributed by atoms with E-state index < -0.39 is 23.7 Å². The number of urea groups is 1. The Morgan fingerprint density at radius 2 is 1.87 bits per heavy atom. The molecular weight excluding hydrogens is 505 g/mol. The van der Waals surface area contributed by atoms with E-state index >= 15 is 0 Å². The van der Waals surface area contributed by atoms with Gasteiger partial charge in [0.25, 0.3) is 0 Å². The van der Waals surface area contributed by atoms with Gasteiger partial charge in [-0.1, -0.05) is 6.42 Å². The van der Waals surface area contributed by atoms with E-state index in [0.717, 1.165) is 69.5 Å². The van der Waals surface area contributed by atoms with Crippen molar-refractivity contribution in [1.29, 1.82) is 0 Å². The summed E-state index contributed by atoms with van der Waals surface area (Å²) in [4.78, 5) is 24.6. The quantitative estimate of drug-likeness (QED) is 0.621. The summed E-state index contributed by atoms with van der Waals surface area (Å²) in [5.41, 5.74) is -0.996. The molecule has 206 valence electrons. The van der Waals surface area contributed by atoms with Crippen molar-refractivity contribution >= 4 is 12.0 Å². The number of aromatic nitrogens is 5. The predicted molar refractivity (Wildman–Crippen MR) is 128 cm³/mol. The van der Waals surface area contributed by atoms with Crippen LogP contribution in [0.25, 0.3) is 0 Å². The zero-order valence-corrected chi connectivity index (χ0v) is 21.0. The molecule has 14 heteroatoms. The van der Waals surface area contributed by atoms with Crippen molar-refractivity contribution in [2.45, 2.75) is 75.9 Å². The molecule has 0 aromatic carbocycles. The highest BCUT2D eigenvalue weighted by atomic mass is 19.4. The highest BCUT2D eigenvalue weighted by molar-refractivity contribution is 5.74. The molecule has 0 spiro atoms. The van der Waals surface area contributed by atoms with Crippen LogP contribution in [0.5, 0.6) is 5.88 Å². The number of hydrogen-bond acceptors (Lipinski definition) is 8. The van der Waals surface area contributed by atoms with Crippen molar-refractivity contribution in [2.75, 3.05) is 38.2 Å². The molecule has 2 amide bonds. The van der Waals surface area contributed by atoms with Crippen LogP contribution in [-0.2, 0) is 24.0 Å². The minimum absolute atomic E-state index is 0.0323. The number of rotatable bonds is 5. The topological polar surface area (TPSA) is 111 Å². The first-order valence-electron chi connectivity index (χ1n) is 13.3. The normalized spacial score (nSPS) is 24.2. The number of carbonyl (C=O) groups excluding carboxylic acids is 1. The van der Waals surface area contributed by atoms with E-state index in [-0.39, 0.29) is 37.2 Å². The lowest BCUT2D eigenvalue weighted by molar-refractivity contribution is -0.142. The summed E-state index contributed by atoms with van der Waals surface area (Å²) >= 11 is 0. The van der Waals surface area contributed by atoms with Crippen LogP contribution >= 0.6 is 0 Å². The van der Waals surface area contributed by atoms with Gasteiger partial charge in [-0.15, -0.1) is 10.2 Å². The Kier molecular flexibility index (Phi) is 6.74. The van der Waals surface area contributed by atoms with Gasteiger partial charge in [0.2, 0.25) is 11.8 Å². The molecule has 0 unspecified atom stereocenters. The van der Waals surface area contributed by atoms with Gasteiger partial charge in [0.05, 0.1) is 19.8 Å². The molecule has 0 bridgehead atoms. The van der Waals surface area contributed by atoms with E-state index in [0.29, 0.717) is 19.6 Å². The third-order valence-corrected chi connectivity index (χ3v) is 7.75. The lowest BCUT2D eigenvalue weighted by atomic mass is 9.85. The number of amides is 2. The van der Waals surface area contributed by atoms with Crippen LogP contribution in [0.2, 0.25) is 0 Å². The Labute approximate surface area is 217 Å². The lowest BCUT2D eigenvalue weighted by Gasteiger charge is -2.33. The van der Waals surface area contributed by atoms with E-state index in [1.54, 1.807) is 0 Å². The maximum absolute atomic E-state index is 13.5. The summed E-state index contributed by atoms with van der Waals surface area (Å²) < 4.78 is 52.9. The summed E-state index contributed by atoms with van der Waals surface area (Å²) in [5.74, 6) is 1.47. The molecule has 6 rings (SSSR count). The maximum atomic E-state index is 13.5. The van der Waals surface area contributed by atoms with Gasteiger partial charge in [-0.3, -0.25) is 0 Å². The molecule has 3 fully saturated rings. The number of carbonyl (C=O) groups is 1. The summed E-state index contributed by atoms with van der Waals surface area (Å²) in [7, 11) is 0. The molecule has 2 atom stereocenters. The van der Waals surface area contributed by atoms with Crippen molar-refractivity contribution < 1.29 is 27.4 Å². The first kappa shape index (κ1) is 25.1. The number of alkyl halides is 3. The van der Waals surface area contributed by atoms with E-state index in [9.17, 15) is 18.0 Å². The van der Waals surface area contributed by atoms with Crippen LogP contribution in [-0.4, -0.2) is 85.6 Å². The van der Waals surface area contributed by atoms with Crippen molar-refractivity contribution in [3.63, 3.8) is 0 Å². The zero-order chi connectivity index (χ0) is 26.3. The molecule has 4 aliphatic rings. The minimum atomic E-state index is -4.62. The second-order valence-corrected chi connectivity index (χ2v) is 10.4. The maximum Gasteiger partial charge on any atom is 0.423 e. The third kappa shape index (κ3) is 5.09. The van der Waals surface area contributed by atoms with Crippen molar-refractivity contribution in [2.24, 2.45) is 0 Å². The fourth-order valence-electron chi connectivity index (χ4n) is 5.65. The molecule has 1 N–H and O–H groups in total. The number of anilines is 1. The molecule has 2 saturated heterocycles. The lowest BCUT2D eigenvalue weighted by Crippen LogP contribution is -2.45. The Balaban J connectivity index is 1.12. The molecule has 1 saturated carbocycles. The van der Waals surface area contributed by atoms with E-state index in [4.69, 9.17) is 9.47 Å². The number of halogens is 3. The zero-order valence-electron chi connectivity index (χ0n) is 21.0. The van der Waals surface area contributed by atoms with Crippen molar-refractivity contribution in [3.05, 3.63) is 23.4 Å². The average Bonchev–Trinajstić information content (AvgIpc) is 3.55. The second kappa shape index (κ2) is 10.2. The van der Waals surface area contributed by atoms with Crippen LogP contribution in [0, 0.1) is 0 Å². The average molecular weight is 537 g/mol. The molecular formula is C24H31F3N8O3. The van der Waals surface area contributed by atoms with Gasteiger partial charge in [0, 0.05) is 44.3 Å². The molecule has 0 radical (unpaired) electrons. The molecule has 2 aromatic rings. The van der Waals surface area contributed by atoms with Crippen molar-refractivity contribution in [1.82, 2.24) is 34.5 Å². The fraction of sp³-hybridized carbons (Fsp3) is 0.708. The highest BCUT2D eigenvalue weighted by Crippen LogP contribution is 2.37. The Morgan fingerprint density at radius 1 is 1.05 bits per heavy atom. The number of ether oxygens (including phenoxy) is 2. The van der Waals surface area contributed by atoms with Crippen LogP contribution in [0.15, 0.2) is 6.20 Å². The highest BCUT2D eigenvalue weighted by Gasteiger charge is 2.38. The predicted octanol–water partition coefficient (Wildman–Crippen LogP) is 3.03. The summed E-state index contributed by atoms with van der Waals surface area (Å²) in [6, 6.07) is 0.0418. The Hall–Kier alpha value is -3.16. The SMILES string of the molecule is O=C(N1CCCC1)N1CCn2c(nnc2[C@H]2CCC[C@@H](Nc3ncc(C(F)(F)F)c(OC4COC4)n3)C2)C1. The van der Waals surface area contributed by atoms with Crippen molar-refractivity contribution in [3.8, 4) is 5.88 Å². The Morgan fingerprint density at radius 3 is 2.61 bits per heavy atom. The first-order chi connectivity index (χ1) is 18.3. The molecule has 2 aromatic heterocycles. The van der Waals surface area contributed by atoms with E-state index in [1.807, 2.05) is 9.80 Å². The first-order valence-corrected chi connectivity index (χ1v) is 13.3. The van der Waals surface area contributed by atoms with Gasteiger partial charge in [0.1, 0.15) is 17.5 Å². The summed E-state index contributed by atoms with van der Waals surface area (Å²) in [6.45, 7) is 3.83. The third-order valence-electron chi connectivity index (χ3n) is 7.75. The van der Waals surface area contributed by atoms with Crippen LogP contribution < -0.4 is 10.1 Å². The summed E-state index contributed by atoms with van der Waals surface area (Å²) in [5, 5.41) is 12.1. The number of nitrogens with zero attached hydrogens (tertiary/aromatic N) is 7. The molecule has 1 aliphatic carbocycles. The smallest absolute Gasteiger partial charge is 0.423 e. The van der Waals surface area contributed by atoms with Gasteiger partial charge < -0.3 is 29.2 Å². The monoisotopic (exact) mass is 536 g/mol. The largest absolute Gasteiger partial charge is 0.469 e. The van der Waals surface area contributed by atoms with Gasteiger partial charge in [-0.2, -0.15) is 18.2 Å². The number of nitrogens with one attached hydrogen (secondary N) is 1. The second-order valence-electron chi connectivity index (χ2n) is 10.4. The number of fused-ring (bicyclic) bond motifs is 1. The van der Waals surface area contributed by atoms with Crippen LogP contribution in [0.4, 0.5) is 23.9 Å². The molecule has 38 heavy (non-hydrogen) atoms. The van der Waals surface area contributed by atoms with Gasteiger partial charge in [-0.05, 0) is 32.1 Å². The number of likely N-dealkylation sites (tertiary alicyclic amines) is 1. The van der Waals surface area contributed by atoms with E-state index in [2.05, 4.69) is 30.0 Å². The molecule has 5 heterocycles. The minimum Gasteiger partial charge on any atom is -0.469 e. The van der Waals surface area contributed by atoms with Gasteiger partial charge >= 0.3 is 12.2 Å². The van der Waals surface area contributed by atoms with E-state index in [1.165, 1.54) is 0 Å². The molecule has 11 nitrogen and oxygen atoms in total. The van der Waals surface area contributed by atoms with Crippen LogP contribution in [0.1, 0.15) is 61.7 Å². The van der Waals surface area contributed by atoms with Gasteiger partial charge in [0.15, 0.2) is 5.82 Å². The molecule has 3 aliphatic heterocycles. The number of hydrogen-bond donors (Lipinski definition) is 1. The van der Waals surface area contributed by atoms with Crippen LogP contribution in [0.3, 0.4) is 0 Å².